The number of alkyl halides is 2. The first kappa shape index (κ1) is 15.7. The molecular formula is C13H15F3N2O3S. The second kappa shape index (κ2) is 5.19. The largest absolute Gasteiger partial charge is 0.352 e. The molecule has 0 amide bonds. The molecule has 1 atom stereocenters. The Morgan fingerprint density at radius 1 is 1.32 bits per heavy atom. The second-order valence-electron chi connectivity index (χ2n) is 5.30. The molecule has 2 aliphatic rings. The first-order valence-corrected chi connectivity index (χ1v) is 8.25. The molecule has 2 fully saturated rings. The Hall–Kier alpha value is -1.16. The second-order valence-corrected chi connectivity index (χ2v) is 7.16. The molecule has 0 radical (unpaired) electrons. The Morgan fingerprint density at radius 2 is 2.09 bits per heavy atom. The van der Waals surface area contributed by atoms with Gasteiger partial charge in [-0.2, -0.15) is 4.31 Å². The van der Waals surface area contributed by atoms with Crippen LogP contribution in [0.2, 0.25) is 0 Å². The maximum atomic E-state index is 14.4. The predicted octanol–water partition coefficient (Wildman–Crippen LogP) is 1.17. The van der Waals surface area contributed by atoms with Crippen LogP contribution in [-0.4, -0.2) is 50.6 Å². The van der Waals surface area contributed by atoms with Gasteiger partial charge in [-0.15, -0.1) is 0 Å². The maximum Gasteiger partial charge on any atom is 0.302 e. The Kier molecular flexibility index (Phi) is 3.71. The van der Waals surface area contributed by atoms with Gasteiger partial charge in [0.1, 0.15) is 5.82 Å². The van der Waals surface area contributed by atoms with Crippen LogP contribution in [0.1, 0.15) is 6.42 Å². The summed E-state index contributed by atoms with van der Waals surface area (Å²) in [5.74, 6) is -4.12. The van der Waals surface area contributed by atoms with Crippen molar-refractivity contribution in [3.05, 3.63) is 30.1 Å². The van der Waals surface area contributed by atoms with Gasteiger partial charge in [-0.3, -0.25) is 0 Å². The fraction of sp³-hybridized carbons (Fsp3) is 0.538. The van der Waals surface area contributed by atoms with Crippen LogP contribution in [-0.2, 0) is 14.8 Å². The molecule has 0 aromatic heterocycles. The molecule has 1 aromatic rings. The molecule has 2 heterocycles. The highest BCUT2D eigenvalue weighted by molar-refractivity contribution is 7.89. The summed E-state index contributed by atoms with van der Waals surface area (Å²) in [4.78, 5) is -0.355. The zero-order chi connectivity index (χ0) is 16.0. The van der Waals surface area contributed by atoms with Gasteiger partial charge < -0.3 is 10.1 Å². The quantitative estimate of drug-likeness (QED) is 0.881. The lowest BCUT2D eigenvalue weighted by atomic mass is 9.98. The van der Waals surface area contributed by atoms with Crippen LogP contribution >= 0.6 is 0 Å². The summed E-state index contributed by atoms with van der Waals surface area (Å²) in [5.41, 5.74) is -2.20. The third-order valence-corrected chi connectivity index (χ3v) is 5.89. The molecule has 2 aliphatic heterocycles. The zero-order valence-corrected chi connectivity index (χ0v) is 12.4. The molecule has 122 valence electrons. The van der Waals surface area contributed by atoms with Crippen molar-refractivity contribution >= 4 is 10.0 Å². The molecule has 1 spiro atoms. The average Bonchev–Trinajstić information content (AvgIpc) is 2.88. The third kappa shape index (κ3) is 2.23. The van der Waals surface area contributed by atoms with Gasteiger partial charge in [0, 0.05) is 13.0 Å². The van der Waals surface area contributed by atoms with E-state index in [4.69, 9.17) is 4.74 Å². The molecule has 9 heteroatoms. The van der Waals surface area contributed by atoms with Gasteiger partial charge in [-0.25, -0.2) is 21.6 Å². The van der Waals surface area contributed by atoms with E-state index in [0.717, 1.165) is 12.1 Å². The molecule has 5 nitrogen and oxygen atoms in total. The Balaban J connectivity index is 2.06. The highest BCUT2D eigenvalue weighted by Gasteiger charge is 2.65. The van der Waals surface area contributed by atoms with Crippen LogP contribution in [0.4, 0.5) is 13.2 Å². The van der Waals surface area contributed by atoms with E-state index in [1.165, 1.54) is 12.1 Å². The predicted molar refractivity (Wildman–Crippen MR) is 71.4 cm³/mol. The summed E-state index contributed by atoms with van der Waals surface area (Å²) < 4.78 is 73.3. The molecule has 1 aromatic carbocycles. The number of ether oxygens (including phenoxy) is 1. The van der Waals surface area contributed by atoms with Gasteiger partial charge in [0.15, 0.2) is 0 Å². The van der Waals surface area contributed by atoms with E-state index in [1.807, 2.05) is 0 Å². The normalized spacial score (nSPS) is 29.0. The molecular weight excluding hydrogens is 321 g/mol. The summed E-state index contributed by atoms with van der Waals surface area (Å²) in [6, 6.07) is 4.32. The standard InChI is InChI=1S/C13H15F3N2O3S/c14-10-2-1-3-11(8-10)22(19,20)18-6-7-21-13(18)4-5-17-9-12(13,15)16/h1-3,8,17H,4-7,9H2. The van der Waals surface area contributed by atoms with Crippen LogP contribution in [0.25, 0.3) is 0 Å². The lowest BCUT2D eigenvalue weighted by Gasteiger charge is -2.44. The van der Waals surface area contributed by atoms with Crippen molar-refractivity contribution in [2.75, 3.05) is 26.2 Å². The molecule has 1 unspecified atom stereocenters. The summed E-state index contributed by atoms with van der Waals surface area (Å²) in [6.45, 7) is -0.758. The SMILES string of the molecule is O=S(=O)(c1cccc(F)c1)N1CCOC12CCNCC2(F)F. The average molecular weight is 336 g/mol. The molecule has 3 rings (SSSR count). The lowest BCUT2D eigenvalue weighted by Crippen LogP contribution is -2.66. The Bertz CT molecular complexity index is 683. The number of piperidine rings is 1. The van der Waals surface area contributed by atoms with Gasteiger partial charge in [-0.1, -0.05) is 6.07 Å². The molecule has 0 aliphatic carbocycles. The summed E-state index contributed by atoms with van der Waals surface area (Å²) in [5, 5.41) is 2.54. The van der Waals surface area contributed by atoms with Crippen molar-refractivity contribution in [2.45, 2.75) is 23.0 Å². The van der Waals surface area contributed by atoms with Crippen LogP contribution in [0, 0.1) is 5.82 Å². The molecule has 2 saturated heterocycles. The highest BCUT2D eigenvalue weighted by Crippen LogP contribution is 2.45. The number of rotatable bonds is 2. The molecule has 0 bridgehead atoms. The Morgan fingerprint density at radius 3 is 2.77 bits per heavy atom. The van der Waals surface area contributed by atoms with Crippen molar-refractivity contribution < 1.29 is 26.3 Å². The Labute approximate surface area is 126 Å². The fourth-order valence-corrected chi connectivity index (χ4v) is 4.68. The van der Waals surface area contributed by atoms with Crippen LogP contribution in [0.15, 0.2) is 29.2 Å². The zero-order valence-electron chi connectivity index (χ0n) is 11.6. The van der Waals surface area contributed by atoms with Gasteiger partial charge in [-0.05, 0) is 24.7 Å². The number of hydrogen-bond donors (Lipinski definition) is 1. The van der Waals surface area contributed by atoms with Gasteiger partial charge in [0.25, 0.3) is 0 Å². The first-order chi connectivity index (χ1) is 10.3. The van der Waals surface area contributed by atoms with Crippen molar-refractivity contribution in [1.82, 2.24) is 9.62 Å². The third-order valence-electron chi connectivity index (χ3n) is 3.98. The van der Waals surface area contributed by atoms with E-state index in [2.05, 4.69) is 5.32 Å². The lowest BCUT2D eigenvalue weighted by molar-refractivity contribution is -0.233. The van der Waals surface area contributed by atoms with Gasteiger partial charge >= 0.3 is 5.92 Å². The summed E-state index contributed by atoms with van der Waals surface area (Å²) in [6.07, 6.45) is -0.172. The van der Waals surface area contributed by atoms with Gasteiger partial charge in [0.05, 0.1) is 18.0 Å². The molecule has 22 heavy (non-hydrogen) atoms. The minimum Gasteiger partial charge on any atom is -0.352 e. The summed E-state index contributed by atoms with van der Waals surface area (Å²) >= 11 is 0. The van der Waals surface area contributed by atoms with E-state index in [-0.39, 0.29) is 31.0 Å². The van der Waals surface area contributed by atoms with Crippen molar-refractivity contribution in [1.29, 1.82) is 0 Å². The van der Waals surface area contributed by atoms with Crippen molar-refractivity contribution in [3.8, 4) is 0 Å². The molecule has 0 saturated carbocycles. The monoisotopic (exact) mass is 336 g/mol. The van der Waals surface area contributed by atoms with Crippen LogP contribution in [0.3, 0.4) is 0 Å². The van der Waals surface area contributed by atoms with Crippen molar-refractivity contribution in [3.63, 3.8) is 0 Å². The first-order valence-electron chi connectivity index (χ1n) is 6.81. The van der Waals surface area contributed by atoms with E-state index in [9.17, 15) is 21.6 Å². The highest BCUT2D eigenvalue weighted by atomic mass is 32.2. The van der Waals surface area contributed by atoms with Crippen LogP contribution in [0.5, 0.6) is 0 Å². The smallest absolute Gasteiger partial charge is 0.302 e. The number of nitrogens with zero attached hydrogens (tertiary/aromatic N) is 1. The van der Waals surface area contributed by atoms with E-state index < -0.39 is 34.0 Å². The van der Waals surface area contributed by atoms with E-state index in [0.29, 0.717) is 4.31 Å². The minimum atomic E-state index is -4.28. The number of halogens is 3. The fourth-order valence-electron chi connectivity index (χ4n) is 2.93. The van der Waals surface area contributed by atoms with E-state index >= 15 is 0 Å². The van der Waals surface area contributed by atoms with Crippen molar-refractivity contribution in [2.24, 2.45) is 0 Å². The van der Waals surface area contributed by atoms with E-state index in [1.54, 1.807) is 0 Å². The molecule has 1 N–H and O–H groups in total. The number of sulfonamides is 1. The number of benzene rings is 1. The van der Waals surface area contributed by atoms with Gasteiger partial charge in [0.2, 0.25) is 15.7 Å². The maximum absolute atomic E-state index is 14.4. The number of nitrogens with one attached hydrogen (secondary N) is 1. The number of hydrogen-bond acceptors (Lipinski definition) is 4. The summed E-state index contributed by atoms with van der Waals surface area (Å²) in [7, 11) is -4.28. The minimum absolute atomic E-state index is 0.121. The topological polar surface area (TPSA) is 58.6 Å². The van der Waals surface area contributed by atoms with Crippen LogP contribution < -0.4 is 5.32 Å².